The third-order valence-corrected chi connectivity index (χ3v) is 3.54. The number of anilines is 2. The van der Waals surface area contributed by atoms with Crippen LogP contribution in [0.3, 0.4) is 0 Å². The zero-order valence-electron chi connectivity index (χ0n) is 12.2. The van der Waals surface area contributed by atoms with E-state index in [1.807, 2.05) is 0 Å². The second kappa shape index (κ2) is 6.04. The maximum atomic E-state index is 12.9. The molecule has 0 aromatic heterocycles. The van der Waals surface area contributed by atoms with Crippen molar-refractivity contribution in [2.45, 2.75) is 29.7 Å². The van der Waals surface area contributed by atoms with Gasteiger partial charge in [-0.15, -0.1) is 0 Å². The number of benzene rings is 1. The van der Waals surface area contributed by atoms with Crippen LogP contribution < -0.4 is 11.5 Å². The Kier molecular flexibility index (Phi) is 5.13. The van der Waals surface area contributed by atoms with Gasteiger partial charge in [-0.3, -0.25) is 0 Å². The minimum Gasteiger partial charge on any atom is -0.398 e. The van der Waals surface area contributed by atoms with Crippen LogP contribution in [-0.2, 0) is 11.2 Å². The summed E-state index contributed by atoms with van der Waals surface area (Å²) in [6, 6.07) is -0.557. The molecule has 0 fully saturated rings. The fourth-order valence-electron chi connectivity index (χ4n) is 2.07. The molecule has 0 aliphatic rings. The molecule has 1 unspecified atom stereocenters. The molecule has 0 radical (unpaired) electrons. The van der Waals surface area contributed by atoms with E-state index >= 15 is 0 Å². The van der Waals surface area contributed by atoms with E-state index in [0.29, 0.717) is 0 Å². The van der Waals surface area contributed by atoms with Gasteiger partial charge >= 0.3 is 18.5 Å². The SMILES string of the molecule is Nc1cc(N)c(C(O)(C(F)(F)F)C(F)(F)F)cc1C(O)(CF)C(F)(F)F. The highest BCUT2D eigenvalue weighted by atomic mass is 19.4. The van der Waals surface area contributed by atoms with E-state index in [-0.39, 0.29) is 6.07 Å². The second-order valence-electron chi connectivity index (χ2n) is 5.22. The summed E-state index contributed by atoms with van der Waals surface area (Å²) in [4.78, 5) is 0. The molecular weight excluding hydrogens is 394 g/mol. The van der Waals surface area contributed by atoms with Crippen molar-refractivity contribution in [2.24, 2.45) is 0 Å². The molecule has 6 N–H and O–H groups in total. The summed E-state index contributed by atoms with van der Waals surface area (Å²) < 4.78 is 129. The molecule has 0 saturated heterocycles. The largest absolute Gasteiger partial charge is 0.430 e. The zero-order chi connectivity index (χ0) is 20.9. The first-order valence-corrected chi connectivity index (χ1v) is 6.25. The Morgan fingerprint density at radius 1 is 0.692 bits per heavy atom. The first kappa shape index (κ1) is 22.1. The lowest BCUT2D eigenvalue weighted by atomic mass is 9.84. The van der Waals surface area contributed by atoms with E-state index in [2.05, 4.69) is 0 Å². The van der Waals surface area contributed by atoms with Gasteiger partial charge in [0.15, 0.2) is 0 Å². The van der Waals surface area contributed by atoms with Crippen molar-refractivity contribution >= 4 is 11.4 Å². The highest BCUT2D eigenvalue weighted by Gasteiger charge is 2.72. The van der Waals surface area contributed by atoms with Crippen LogP contribution in [0.25, 0.3) is 0 Å². The van der Waals surface area contributed by atoms with E-state index in [0.717, 1.165) is 0 Å². The van der Waals surface area contributed by atoms with Crippen LogP contribution in [0.5, 0.6) is 0 Å². The molecule has 0 saturated carbocycles. The van der Waals surface area contributed by atoms with Crippen LogP contribution in [0.4, 0.5) is 55.3 Å². The van der Waals surface area contributed by atoms with Gasteiger partial charge in [0.1, 0.15) is 6.67 Å². The molecule has 0 spiro atoms. The van der Waals surface area contributed by atoms with E-state index in [1.165, 1.54) is 0 Å². The van der Waals surface area contributed by atoms with Gasteiger partial charge in [0.2, 0.25) is 5.60 Å². The summed E-state index contributed by atoms with van der Waals surface area (Å²) >= 11 is 0. The number of alkyl halides is 10. The van der Waals surface area contributed by atoms with E-state index in [9.17, 15) is 54.1 Å². The fraction of sp³-hybridized carbons (Fsp3) is 0.500. The summed E-state index contributed by atoms with van der Waals surface area (Å²) in [5.74, 6) is 0. The maximum Gasteiger partial charge on any atom is 0.430 e. The number of halogens is 10. The van der Waals surface area contributed by atoms with Gasteiger partial charge in [-0.25, -0.2) is 4.39 Å². The summed E-state index contributed by atoms with van der Waals surface area (Å²) in [6.45, 7) is -2.68. The van der Waals surface area contributed by atoms with Crippen molar-refractivity contribution in [3.05, 3.63) is 23.3 Å². The van der Waals surface area contributed by atoms with Crippen LogP contribution in [0, 0.1) is 0 Å². The Bertz CT molecular complexity index is 668. The monoisotopic (exact) mass is 404 g/mol. The Morgan fingerprint density at radius 3 is 1.38 bits per heavy atom. The molecule has 26 heavy (non-hydrogen) atoms. The molecule has 0 aliphatic carbocycles. The minimum atomic E-state index is -6.47. The zero-order valence-corrected chi connectivity index (χ0v) is 12.2. The molecule has 1 aromatic rings. The van der Waals surface area contributed by atoms with Crippen molar-refractivity contribution in [1.82, 2.24) is 0 Å². The van der Waals surface area contributed by atoms with Crippen molar-refractivity contribution in [2.75, 3.05) is 18.1 Å². The predicted octanol–water partition coefficient (Wildman–Crippen LogP) is 2.88. The normalized spacial score (nSPS) is 16.5. The number of hydrogen-bond donors (Lipinski definition) is 4. The van der Waals surface area contributed by atoms with Crippen LogP contribution in [0.1, 0.15) is 11.1 Å². The van der Waals surface area contributed by atoms with E-state index in [4.69, 9.17) is 11.5 Å². The van der Waals surface area contributed by atoms with Gasteiger partial charge in [-0.1, -0.05) is 0 Å². The Labute approximate surface area is 138 Å². The molecule has 0 aliphatic heterocycles. The van der Waals surface area contributed by atoms with Gasteiger partial charge in [-0.05, 0) is 12.1 Å². The average molecular weight is 404 g/mol. The molecule has 1 aromatic carbocycles. The lowest BCUT2D eigenvalue weighted by molar-refractivity contribution is -0.376. The van der Waals surface area contributed by atoms with Crippen LogP contribution in [-0.4, -0.2) is 35.4 Å². The van der Waals surface area contributed by atoms with E-state index < -0.39 is 65.0 Å². The molecule has 1 rings (SSSR count). The van der Waals surface area contributed by atoms with Crippen LogP contribution >= 0.6 is 0 Å². The first-order valence-electron chi connectivity index (χ1n) is 6.25. The Morgan fingerprint density at radius 2 is 1.08 bits per heavy atom. The standard InChI is InChI=1S/C12H10F10N2O2/c13-3-8(25,10(14,15)16)4-1-5(7(24)2-6(4)23)9(26,11(17,18)19)12(20,21)22/h1-2,25-26H,3,23-24H2. The smallest absolute Gasteiger partial charge is 0.398 e. The lowest BCUT2D eigenvalue weighted by Crippen LogP contribution is -2.54. The molecule has 0 amide bonds. The number of hydrogen-bond acceptors (Lipinski definition) is 4. The number of rotatable bonds is 3. The predicted molar refractivity (Wildman–Crippen MR) is 67.2 cm³/mol. The van der Waals surface area contributed by atoms with Gasteiger partial charge in [0.05, 0.1) is 0 Å². The van der Waals surface area contributed by atoms with Crippen molar-refractivity contribution in [1.29, 1.82) is 0 Å². The molecule has 0 heterocycles. The molecule has 14 heteroatoms. The van der Waals surface area contributed by atoms with Gasteiger partial charge in [0, 0.05) is 22.5 Å². The summed E-state index contributed by atoms with van der Waals surface area (Å²) in [7, 11) is 0. The average Bonchev–Trinajstić information content (AvgIpc) is 2.42. The Balaban J connectivity index is 3.93. The van der Waals surface area contributed by atoms with Gasteiger partial charge in [-0.2, -0.15) is 39.5 Å². The quantitative estimate of drug-likeness (QED) is 0.461. The highest BCUT2D eigenvalue weighted by molar-refractivity contribution is 5.65. The summed E-state index contributed by atoms with van der Waals surface area (Å²) in [5.41, 5.74) is -7.09. The van der Waals surface area contributed by atoms with Crippen molar-refractivity contribution in [3.8, 4) is 0 Å². The molecule has 0 bridgehead atoms. The van der Waals surface area contributed by atoms with Crippen LogP contribution in [0.15, 0.2) is 12.1 Å². The molecular formula is C12H10F10N2O2. The van der Waals surface area contributed by atoms with Gasteiger partial charge < -0.3 is 21.7 Å². The Hall–Kier alpha value is -1.96. The second-order valence-corrected chi connectivity index (χ2v) is 5.22. The summed E-state index contributed by atoms with van der Waals surface area (Å²) in [6.07, 6.45) is -18.8. The van der Waals surface area contributed by atoms with Crippen molar-refractivity contribution in [3.63, 3.8) is 0 Å². The number of nitrogens with two attached hydrogens (primary N) is 2. The van der Waals surface area contributed by atoms with Crippen LogP contribution in [0.2, 0.25) is 0 Å². The first-order chi connectivity index (χ1) is 11.3. The summed E-state index contributed by atoms with van der Waals surface area (Å²) in [5, 5.41) is 18.7. The molecule has 4 nitrogen and oxygen atoms in total. The molecule has 1 atom stereocenters. The lowest BCUT2D eigenvalue weighted by Gasteiger charge is -2.35. The fourth-order valence-corrected chi connectivity index (χ4v) is 2.07. The highest BCUT2D eigenvalue weighted by Crippen LogP contribution is 2.53. The van der Waals surface area contributed by atoms with Gasteiger partial charge in [0.25, 0.3) is 5.60 Å². The van der Waals surface area contributed by atoms with E-state index in [1.54, 1.807) is 0 Å². The molecule has 150 valence electrons. The number of nitrogen functional groups attached to an aromatic ring is 2. The third-order valence-electron chi connectivity index (χ3n) is 3.54. The third kappa shape index (κ3) is 3.11. The minimum absolute atomic E-state index is 0.0134. The topological polar surface area (TPSA) is 92.5 Å². The van der Waals surface area contributed by atoms with Crippen molar-refractivity contribution < 1.29 is 54.1 Å². The number of aliphatic hydroxyl groups is 2. The maximum absolute atomic E-state index is 12.9.